The van der Waals surface area contributed by atoms with Gasteiger partial charge in [0.25, 0.3) is 5.69 Å². The van der Waals surface area contributed by atoms with E-state index in [2.05, 4.69) is 51.1 Å². The van der Waals surface area contributed by atoms with E-state index >= 15 is 0 Å². The molecule has 10 heteroatoms. The topological polar surface area (TPSA) is 101 Å². The highest BCUT2D eigenvalue weighted by Crippen LogP contribution is 2.38. The molecule has 0 spiro atoms. The number of nitro benzene ring substituents is 1. The molecule has 0 saturated carbocycles. The molecule has 3 aromatic rings. The third kappa shape index (κ3) is 6.23. The Morgan fingerprint density at radius 1 is 1.10 bits per heavy atom. The quantitative estimate of drug-likeness (QED) is 0.253. The van der Waals surface area contributed by atoms with Crippen LogP contribution in [0.3, 0.4) is 0 Å². The Bertz CT molecular complexity index is 1440. The predicted octanol–water partition coefficient (Wildman–Crippen LogP) is 5.77. The van der Waals surface area contributed by atoms with Crippen molar-refractivity contribution >= 4 is 33.0 Å². The number of nitrogens with zero attached hydrogens (tertiary/aromatic N) is 3. The first kappa shape index (κ1) is 28.9. The monoisotopic (exact) mass is 569 g/mol. The van der Waals surface area contributed by atoms with Crippen molar-refractivity contribution in [3.63, 3.8) is 0 Å². The second-order valence-electron chi connectivity index (χ2n) is 11.4. The number of carbonyl (C=O) groups excluding carboxylic acids is 1. The van der Waals surface area contributed by atoms with Crippen molar-refractivity contribution in [3.8, 4) is 0 Å². The van der Waals surface area contributed by atoms with E-state index in [1.807, 2.05) is 19.2 Å². The molecule has 0 fully saturated rings. The van der Waals surface area contributed by atoms with E-state index < -0.39 is 14.9 Å². The third-order valence-electron chi connectivity index (χ3n) is 6.94. The Morgan fingerprint density at radius 3 is 2.31 bits per heavy atom. The molecule has 0 aliphatic carbocycles. The zero-order chi connectivity index (χ0) is 28.5. The third-order valence-corrected chi connectivity index (χ3v) is 9.77. The van der Waals surface area contributed by atoms with Gasteiger partial charge in [0.1, 0.15) is 0 Å². The summed E-state index contributed by atoms with van der Waals surface area (Å²) in [5, 5.41) is 13.1. The number of non-ortho nitro benzene ring substituents is 1. The van der Waals surface area contributed by atoms with E-state index in [1.54, 1.807) is 16.2 Å². The largest absolute Gasteiger partial charge is 0.330 e. The average Bonchev–Trinajstić information content (AvgIpc) is 3.36. The molecule has 0 bridgehead atoms. The van der Waals surface area contributed by atoms with Crippen molar-refractivity contribution < 1.29 is 18.1 Å². The van der Waals surface area contributed by atoms with E-state index in [0.29, 0.717) is 13.0 Å². The van der Waals surface area contributed by atoms with Crippen LogP contribution in [0.4, 0.5) is 5.69 Å². The fraction of sp³-hybridized carbons (Fsp3) is 0.414. The Hall–Kier alpha value is -3.08. The highest BCUT2D eigenvalue weighted by atomic mass is 32.2. The molecule has 2 heterocycles. The number of hydrogen-bond acceptors (Lipinski definition) is 6. The molecule has 208 valence electrons. The molecule has 0 saturated heterocycles. The van der Waals surface area contributed by atoms with Gasteiger partial charge in [0.05, 0.1) is 22.4 Å². The van der Waals surface area contributed by atoms with Crippen molar-refractivity contribution in [2.75, 3.05) is 19.6 Å². The number of fused-ring (bicyclic) bond motifs is 1. The molecule has 2 aromatic carbocycles. The summed E-state index contributed by atoms with van der Waals surface area (Å²) in [5.41, 5.74) is 3.07. The standard InChI is InChI=1S/C29H35N3O5S2/c1-20(2)18-30(39(36,37)24-12-10-23(11-13-24)32(34)35)19-27(33)31-16-14-26-25(15-17-38-26)28(31)21-6-8-22(9-7-21)29(3,4)5/h6-13,15,17,20,28H,14,16,18-19H2,1-5H3. The summed E-state index contributed by atoms with van der Waals surface area (Å²) in [6.45, 7) is 10.6. The summed E-state index contributed by atoms with van der Waals surface area (Å²) in [5.74, 6) is -0.306. The molecule has 8 nitrogen and oxygen atoms in total. The normalized spacial score (nSPS) is 16.0. The summed E-state index contributed by atoms with van der Waals surface area (Å²) in [6, 6.07) is 14.9. The molecule has 1 aromatic heterocycles. The first-order valence-corrected chi connectivity index (χ1v) is 15.3. The van der Waals surface area contributed by atoms with E-state index in [0.717, 1.165) is 11.1 Å². The average molecular weight is 570 g/mol. The molecule has 0 N–H and O–H groups in total. The summed E-state index contributed by atoms with van der Waals surface area (Å²) in [4.78, 5) is 27.3. The van der Waals surface area contributed by atoms with Crippen LogP contribution in [0.1, 0.15) is 62.2 Å². The van der Waals surface area contributed by atoms with Crippen LogP contribution in [-0.2, 0) is 26.7 Å². The van der Waals surface area contributed by atoms with Gasteiger partial charge in [-0.1, -0.05) is 58.9 Å². The van der Waals surface area contributed by atoms with E-state index in [9.17, 15) is 23.3 Å². The molecule has 39 heavy (non-hydrogen) atoms. The van der Waals surface area contributed by atoms with Gasteiger partial charge in [-0.05, 0) is 58.0 Å². The second-order valence-corrected chi connectivity index (χ2v) is 14.3. The van der Waals surface area contributed by atoms with Crippen LogP contribution in [0.25, 0.3) is 0 Å². The zero-order valence-electron chi connectivity index (χ0n) is 23.0. The number of amides is 1. The lowest BCUT2D eigenvalue weighted by Crippen LogP contribution is -2.47. The number of hydrogen-bond donors (Lipinski definition) is 0. The van der Waals surface area contributed by atoms with E-state index in [4.69, 9.17) is 0 Å². The highest BCUT2D eigenvalue weighted by Gasteiger charge is 2.36. The van der Waals surface area contributed by atoms with Gasteiger partial charge >= 0.3 is 0 Å². The number of carbonyl (C=O) groups is 1. The summed E-state index contributed by atoms with van der Waals surface area (Å²) in [7, 11) is -4.06. The van der Waals surface area contributed by atoms with Crippen LogP contribution < -0.4 is 0 Å². The smallest absolute Gasteiger partial charge is 0.269 e. The van der Waals surface area contributed by atoms with E-state index in [-0.39, 0.29) is 47.0 Å². The molecule has 4 rings (SSSR count). The number of benzene rings is 2. The maximum absolute atomic E-state index is 13.9. The Morgan fingerprint density at radius 2 is 1.74 bits per heavy atom. The second kappa shape index (κ2) is 11.2. The van der Waals surface area contributed by atoms with Crippen molar-refractivity contribution in [1.82, 2.24) is 9.21 Å². The lowest BCUT2D eigenvalue weighted by Gasteiger charge is -2.38. The van der Waals surface area contributed by atoms with Gasteiger partial charge in [-0.25, -0.2) is 8.42 Å². The Balaban J connectivity index is 1.66. The fourth-order valence-electron chi connectivity index (χ4n) is 4.90. The molecule has 1 aliphatic rings. The number of nitro groups is 1. The molecule has 0 radical (unpaired) electrons. The van der Waals surface area contributed by atoms with Gasteiger partial charge in [-0.3, -0.25) is 14.9 Å². The lowest BCUT2D eigenvalue weighted by molar-refractivity contribution is -0.384. The number of thiophene rings is 1. The SMILES string of the molecule is CC(C)CN(CC(=O)N1CCc2sccc2C1c1ccc(C(C)(C)C)cc1)S(=O)(=O)c1ccc([N+](=O)[O-])cc1. The van der Waals surface area contributed by atoms with Crippen molar-refractivity contribution in [2.45, 2.75) is 57.4 Å². The number of sulfonamides is 1. The molecule has 1 unspecified atom stereocenters. The van der Waals surface area contributed by atoms with E-state index in [1.165, 1.54) is 39.0 Å². The first-order chi connectivity index (χ1) is 18.3. The highest BCUT2D eigenvalue weighted by molar-refractivity contribution is 7.89. The maximum Gasteiger partial charge on any atom is 0.269 e. The minimum absolute atomic E-state index is 0.00226. The minimum Gasteiger partial charge on any atom is -0.330 e. The molecular formula is C29H35N3O5S2. The van der Waals surface area contributed by atoms with Crippen LogP contribution in [0.5, 0.6) is 0 Å². The number of rotatable bonds is 8. The summed E-state index contributed by atoms with van der Waals surface area (Å²) >= 11 is 1.68. The van der Waals surface area contributed by atoms with Crippen molar-refractivity contribution in [3.05, 3.63) is 91.7 Å². The Kier molecular flexibility index (Phi) is 8.30. The van der Waals surface area contributed by atoms with Crippen LogP contribution in [0, 0.1) is 16.0 Å². The fourth-order valence-corrected chi connectivity index (χ4v) is 7.35. The van der Waals surface area contributed by atoms with Gasteiger partial charge < -0.3 is 4.90 Å². The van der Waals surface area contributed by atoms with Gasteiger partial charge in [-0.15, -0.1) is 11.3 Å². The van der Waals surface area contributed by atoms with Crippen LogP contribution >= 0.6 is 11.3 Å². The molecule has 1 amide bonds. The predicted molar refractivity (Wildman–Crippen MR) is 153 cm³/mol. The van der Waals surface area contributed by atoms with Gasteiger partial charge in [-0.2, -0.15) is 4.31 Å². The summed E-state index contributed by atoms with van der Waals surface area (Å²) in [6.07, 6.45) is 0.717. The van der Waals surface area contributed by atoms with Gasteiger partial charge in [0.2, 0.25) is 15.9 Å². The lowest BCUT2D eigenvalue weighted by atomic mass is 9.85. The van der Waals surface area contributed by atoms with Crippen LogP contribution in [0.2, 0.25) is 0 Å². The maximum atomic E-state index is 13.9. The zero-order valence-corrected chi connectivity index (χ0v) is 24.6. The summed E-state index contributed by atoms with van der Waals surface area (Å²) < 4.78 is 28.4. The molecule has 1 aliphatic heterocycles. The molecule has 1 atom stereocenters. The van der Waals surface area contributed by atoms with Gasteiger partial charge in [0, 0.05) is 30.1 Å². The van der Waals surface area contributed by atoms with Crippen molar-refractivity contribution in [2.24, 2.45) is 5.92 Å². The first-order valence-electron chi connectivity index (χ1n) is 13.0. The van der Waals surface area contributed by atoms with Gasteiger partial charge in [0.15, 0.2) is 0 Å². The minimum atomic E-state index is -4.06. The molecular weight excluding hydrogens is 534 g/mol. The Labute approximate surface area is 234 Å². The van der Waals surface area contributed by atoms with Crippen molar-refractivity contribution in [1.29, 1.82) is 0 Å². The van der Waals surface area contributed by atoms with Crippen LogP contribution in [-0.4, -0.2) is 48.1 Å². The van der Waals surface area contributed by atoms with Crippen LogP contribution in [0.15, 0.2) is 64.9 Å².